The van der Waals surface area contributed by atoms with Crippen LogP contribution in [0.15, 0.2) is 79.0 Å². The topological polar surface area (TPSA) is 75.1 Å². The van der Waals surface area contributed by atoms with E-state index in [2.05, 4.69) is 37.9 Å². The molecule has 0 aliphatic carbocycles. The molecule has 154 valence electrons. The standard InChI is InChI=1S/C24H17FIN3O2/c25-18-7-3-16(4-8-18)21-14-27-24(23(28-21)17-5-11-20(30)12-6-17)29-22(31)13-15-1-9-19(26)10-2-15/h1-12,14,30H,13H2,(H,27,29,31). The fourth-order valence-electron chi connectivity index (χ4n) is 3.02. The second kappa shape index (κ2) is 9.22. The lowest BCUT2D eigenvalue weighted by molar-refractivity contribution is -0.115. The number of anilines is 1. The number of halogens is 2. The smallest absolute Gasteiger partial charge is 0.230 e. The monoisotopic (exact) mass is 525 g/mol. The average Bonchev–Trinajstić information content (AvgIpc) is 2.77. The van der Waals surface area contributed by atoms with Gasteiger partial charge in [0.05, 0.1) is 18.3 Å². The lowest BCUT2D eigenvalue weighted by Gasteiger charge is -2.12. The van der Waals surface area contributed by atoms with Gasteiger partial charge in [0.25, 0.3) is 0 Å². The zero-order chi connectivity index (χ0) is 21.8. The van der Waals surface area contributed by atoms with Crippen molar-refractivity contribution in [1.29, 1.82) is 0 Å². The highest BCUT2D eigenvalue weighted by Crippen LogP contribution is 2.29. The van der Waals surface area contributed by atoms with Gasteiger partial charge >= 0.3 is 0 Å². The number of phenols is 1. The van der Waals surface area contributed by atoms with Crippen LogP contribution in [-0.2, 0) is 11.2 Å². The Morgan fingerprint density at radius 2 is 1.58 bits per heavy atom. The van der Waals surface area contributed by atoms with Crippen molar-refractivity contribution < 1.29 is 14.3 Å². The second-order valence-electron chi connectivity index (χ2n) is 6.86. The first kappa shape index (κ1) is 20.9. The van der Waals surface area contributed by atoms with Crippen LogP contribution in [-0.4, -0.2) is 21.0 Å². The molecule has 0 bridgehead atoms. The van der Waals surface area contributed by atoms with Crippen molar-refractivity contribution in [3.8, 4) is 28.3 Å². The Labute approximate surface area is 192 Å². The average molecular weight is 525 g/mol. The number of aromatic nitrogens is 2. The van der Waals surface area contributed by atoms with Gasteiger partial charge in [0.1, 0.15) is 17.3 Å². The van der Waals surface area contributed by atoms with E-state index in [0.717, 1.165) is 9.13 Å². The van der Waals surface area contributed by atoms with E-state index in [9.17, 15) is 14.3 Å². The summed E-state index contributed by atoms with van der Waals surface area (Å²) in [5, 5.41) is 12.5. The van der Waals surface area contributed by atoms with Crippen molar-refractivity contribution in [2.45, 2.75) is 6.42 Å². The van der Waals surface area contributed by atoms with Crippen molar-refractivity contribution in [3.05, 3.63) is 93.9 Å². The molecule has 7 heteroatoms. The van der Waals surface area contributed by atoms with Crippen LogP contribution in [0, 0.1) is 9.39 Å². The summed E-state index contributed by atoms with van der Waals surface area (Å²) in [6.45, 7) is 0. The quantitative estimate of drug-likeness (QED) is 0.341. The van der Waals surface area contributed by atoms with Gasteiger partial charge in [-0.15, -0.1) is 0 Å². The highest BCUT2D eigenvalue weighted by atomic mass is 127. The molecule has 0 unspecified atom stereocenters. The summed E-state index contributed by atoms with van der Waals surface area (Å²) in [5.74, 6) is -0.122. The lowest BCUT2D eigenvalue weighted by atomic mass is 10.1. The molecule has 1 aromatic heterocycles. The highest BCUT2D eigenvalue weighted by Gasteiger charge is 2.15. The third-order valence-corrected chi connectivity index (χ3v) is 5.31. The Morgan fingerprint density at radius 1 is 0.935 bits per heavy atom. The third-order valence-electron chi connectivity index (χ3n) is 4.59. The summed E-state index contributed by atoms with van der Waals surface area (Å²) < 4.78 is 14.4. The molecule has 1 heterocycles. The molecule has 2 N–H and O–H groups in total. The van der Waals surface area contributed by atoms with Gasteiger partial charge in [-0.1, -0.05) is 12.1 Å². The SMILES string of the molecule is O=C(Cc1ccc(I)cc1)Nc1ncc(-c2ccc(F)cc2)nc1-c1ccc(O)cc1. The second-order valence-corrected chi connectivity index (χ2v) is 8.10. The summed E-state index contributed by atoms with van der Waals surface area (Å²) in [6.07, 6.45) is 1.74. The van der Waals surface area contributed by atoms with Crippen LogP contribution in [0.1, 0.15) is 5.56 Å². The molecule has 0 spiro atoms. The van der Waals surface area contributed by atoms with Crippen LogP contribution >= 0.6 is 22.6 Å². The number of carbonyl (C=O) groups is 1. The van der Waals surface area contributed by atoms with Crippen molar-refractivity contribution in [3.63, 3.8) is 0 Å². The van der Waals surface area contributed by atoms with Gasteiger partial charge in [0.2, 0.25) is 5.91 Å². The molecule has 0 aliphatic rings. The predicted molar refractivity (Wildman–Crippen MR) is 126 cm³/mol. The minimum Gasteiger partial charge on any atom is -0.508 e. The van der Waals surface area contributed by atoms with Gasteiger partial charge < -0.3 is 10.4 Å². The Morgan fingerprint density at radius 3 is 2.26 bits per heavy atom. The van der Waals surface area contributed by atoms with E-state index in [4.69, 9.17) is 0 Å². The molecule has 0 radical (unpaired) electrons. The fourth-order valence-corrected chi connectivity index (χ4v) is 3.38. The zero-order valence-electron chi connectivity index (χ0n) is 16.2. The molecule has 5 nitrogen and oxygen atoms in total. The maximum absolute atomic E-state index is 13.3. The normalized spacial score (nSPS) is 10.6. The molecule has 0 saturated heterocycles. The first-order valence-electron chi connectivity index (χ1n) is 9.44. The zero-order valence-corrected chi connectivity index (χ0v) is 18.4. The first-order valence-corrected chi connectivity index (χ1v) is 10.5. The fraction of sp³-hybridized carbons (Fsp3) is 0.0417. The minimum atomic E-state index is -0.338. The number of benzene rings is 3. The van der Waals surface area contributed by atoms with Gasteiger partial charge in [-0.2, -0.15) is 0 Å². The van der Waals surface area contributed by atoms with Crippen LogP contribution in [0.3, 0.4) is 0 Å². The highest BCUT2D eigenvalue weighted by molar-refractivity contribution is 14.1. The van der Waals surface area contributed by atoms with Crippen molar-refractivity contribution >= 4 is 34.3 Å². The number of amides is 1. The molecule has 1 amide bonds. The van der Waals surface area contributed by atoms with E-state index in [1.165, 1.54) is 18.3 Å². The van der Waals surface area contributed by atoms with Gasteiger partial charge in [0.15, 0.2) is 5.82 Å². The molecule has 4 rings (SSSR count). The number of carbonyl (C=O) groups excluding carboxylic acids is 1. The summed E-state index contributed by atoms with van der Waals surface area (Å²) in [4.78, 5) is 21.7. The number of rotatable bonds is 5. The molecule has 0 fully saturated rings. The Balaban J connectivity index is 1.67. The minimum absolute atomic E-state index is 0.121. The third kappa shape index (κ3) is 5.24. The Bertz CT molecular complexity index is 1210. The van der Waals surface area contributed by atoms with E-state index in [1.54, 1.807) is 36.4 Å². The van der Waals surface area contributed by atoms with Crippen LogP contribution in [0.2, 0.25) is 0 Å². The molecule has 0 atom stereocenters. The predicted octanol–water partition coefficient (Wildman–Crippen LogP) is 5.44. The van der Waals surface area contributed by atoms with Gasteiger partial charge in [-0.3, -0.25) is 4.79 Å². The Hall–Kier alpha value is -3.33. The molecular formula is C24H17FIN3O2. The molecule has 31 heavy (non-hydrogen) atoms. The molecule has 3 aromatic carbocycles. The number of aromatic hydroxyl groups is 1. The number of nitrogens with one attached hydrogen (secondary N) is 1. The first-order chi connectivity index (χ1) is 15.0. The van der Waals surface area contributed by atoms with Crippen LogP contribution < -0.4 is 5.32 Å². The van der Waals surface area contributed by atoms with Crippen molar-refractivity contribution in [1.82, 2.24) is 9.97 Å². The lowest BCUT2D eigenvalue weighted by Crippen LogP contribution is -2.16. The van der Waals surface area contributed by atoms with Crippen molar-refractivity contribution in [2.75, 3.05) is 5.32 Å². The van der Waals surface area contributed by atoms with Gasteiger partial charge in [-0.05, 0) is 88.8 Å². The van der Waals surface area contributed by atoms with E-state index in [-0.39, 0.29) is 23.9 Å². The van der Waals surface area contributed by atoms with Crippen molar-refractivity contribution in [2.24, 2.45) is 0 Å². The molecule has 0 saturated carbocycles. The largest absolute Gasteiger partial charge is 0.508 e. The van der Waals surface area contributed by atoms with Gasteiger partial charge in [-0.25, -0.2) is 14.4 Å². The summed E-state index contributed by atoms with van der Waals surface area (Å²) in [6, 6.07) is 20.1. The summed E-state index contributed by atoms with van der Waals surface area (Å²) in [5.41, 5.74) is 3.26. The number of phenolic OH excluding ortho intramolecular Hbond substituents is 1. The number of nitrogens with zero attached hydrogens (tertiary/aromatic N) is 2. The summed E-state index contributed by atoms with van der Waals surface area (Å²) in [7, 11) is 0. The van der Waals surface area contributed by atoms with E-state index < -0.39 is 0 Å². The summed E-state index contributed by atoms with van der Waals surface area (Å²) >= 11 is 2.21. The van der Waals surface area contributed by atoms with Crippen LogP contribution in [0.25, 0.3) is 22.5 Å². The molecule has 4 aromatic rings. The molecular weight excluding hydrogens is 508 g/mol. The van der Waals surface area contributed by atoms with Crippen LogP contribution in [0.4, 0.5) is 10.2 Å². The van der Waals surface area contributed by atoms with E-state index >= 15 is 0 Å². The van der Waals surface area contributed by atoms with Gasteiger partial charge in [0, 0.05) is 14.7 Å². The molecule has 0 aliphatic heterocycles. The van der Waals surface area contributed by atoms with Crippen LogP contribution in [0.5, 0.6) is 5.75 Å². The maximum atomic E-state index is 13.3. The Kier molecular flexibility index (Phi) is 6.22. The number of hydrogen-bond donors (Lipinski definition) is 2. The van der Waals surface area contributed by atoms with E-state index in [1.807, 2.05) is 24.3 Å². The maximum Gasteiger partial charge on any atom is 0.230 e. The number of hydrogen-bond acceptors (Lipinski definition) is 4. The van der Waals surface area contributed by atoms with E-state index in [0.29, 0.717) is 28.3 Å².